The molecule has 2 heterocycles. The summed E-state index contributed by atoms with van der Waals surface area (Å²) in [5.41, 5.74) is 3.35. The Hall–Kier alpha value is -3.97. The molecule has 1 N–H and O–H groups in total. The van der Waals surface area contributed by atoms with Crippen LogP contribution in [-0.2, 0) is 20.9 Å². The van der Waals surface area contributed by atoms with E-state index in [1.165, 1.54) is 4.90 Å². The quantitative estimate of drug-likeness (QED) is 0.215. The highest BCUT2D eigenvalue weighted by atomic mass is 16.5. The summed E-state index contributed by atoms with van der Waals surface area (Å²) in [5.74, 6) is -0.952. The number of ketones is 1. The minimum absolute atomic E-state index is 0.0499. The second-order valence-electron chi connectivity index (χ2n) is 8.43. The molecule has 180 valence electrons. The molecule has 1 aromatic heterocycles. The number of hydrogen-bond donors (Lipinski definition) is 1. The molecule has 1 amide bonds. The van der Waals surface area contributed by atoms with Gasteiger partial charge in [0.25, 0.3) is 11.7 Å². The monoisotopic (exact) mass is 472 g/mol. The summed E-state index contributed by atoms with van der Waals surface area (Å²) in [4.78, 5) is 31.5. The van der Waals surface area contributed by atoms with Gasteiger partial charge in [-0.05, 0) is 54.8 Å². The van der Waals surface area contributed by atoms with Gasteiger partial charge in [0, 0.05) is 38.2 Å². The van der Waals surface area contributed by atoms with Crippen molar-refractivity contribution < 1.29 is 24.2 Å². The first-order chi connectivity index (χ1) is 17.0. The Labute approximate surface area is 204 Å². The van der Waals surface area contributed by atoms with Crippen LogP contribution in [-0.4, -0.2) is 46.9 Å². The first-order valence-corrected chi connectivity index (χ1v) is 11.5. The highest BCUT2D eigenvalue weighted by molar-refractivity contribution is 6.46. The lowest BCUT2D eigenvalue weighted by atomic mass is 9.96. The number of likely N-dealkylation sites (tertiary alicyclic amines) is 1. The van der Waals surface area contributed by atoms with Crippen molar-refractivity contribution in [3.63, 3.8) is 0 Å². The van der Waals surface area contributed by atoms with E-state index in [-0.39, 0.29) is 11.3 Å². The van der Waals surface area contributed by atoms with Gasteiger partial charge in [-0.15, -0.1) is 0 Å². The molecular weight excluding hydrogens is 444 g/mol. The number of benzene rings is 2. The standard InChI is InChI=1S/C28H28N2O5/c1-19-6-3-7-20(16-19)18-35-23-11-9-21(10-12-23)26(31)24-25(22-8-4-13-29-17-22)30(14-5-15-34-2)28(33)27(24)32/h3-4,6-13,16-17,25,31H,5,14-15,18H2,1-2H3/b26-24+. The van der Waals surface area contributed by atoms with E-state index >= 15 is 0 Å². The Morgan fingerprint density at radius 3 is 2.57 bits per heavy atom. The number of ether oxygens (including phenoxy) is 2. The predicted molar refractivity (Wildman–Crippen MR) is 132 cm³/mol. The van der Waals surface area contributed by atoms with E-state index in [1.807, 2.05) is 25.1 Å². The molecule has 2 aromatic carbocycles. The van der Waals surface area contributed by atoms with Gasteiger partial charge in [0.2, 0.25) is 0 Å². The first-order valence-electron chi connectivity index (χ1n) is 11.5. The van der Waals surface area contributed by atoms with E-state index < -0.39 is 17.7 Å². The van der Waals surface area contributed by atoms with E-state index in [1.54, 1.807) is 55.9 Å². The van der Waals surface area contributed by atoms with Crippen molar-refractivity contribution in [2.75, 3.05) is 20.3 Å². The van der Waals surface area contributed by atoms with Crippen LogP contribution >= 0.6 is 0 Å². The lowest BCUT2D eigenvalue weighted by molar-refractivity contribution is -0.140. The van der Waals surface area contributed by atoms with Gasteiger partial charge in [0.1, 0.15) is 18.1 Å². The maximum absolute atomic E-state index is 13.0. The van der Waals surface area contributed by atoms with Crippen molar-refractivity contribution in [2.24, 2.45) is 0 Å². The normalized spacial score (nSPS) is 17.1. The fourth-order valence-electron chi connectivity index (χ4n) is 4.21. The van der Waals surface area contributed by atoms with Crippen molar-refractivity contribution in [3.8, 4) is 5.75 Å². The SMILES string of the molecule is COCCCN1C(=O)C(=O)/C(=C(/O)c2ccc(OCc3cccc(C)c3)cc2)C1c1cccnc1. The fraction of sp³-hybridized carbons (Fsp3) is 0.250. The zero-order valence-corrected chi connectivity index (χ0v) is 19.8. The molecule has 0 aliphatic carbocycles. The zero-order valence-electron chi connectivity index (χ0n) is 19.8. The molecule has 1 unspecified atom stereocenters. The predicted octanol–water partition coefficient (Wildman–Crippen LogP) is 4.43. The summed E-state index contributed by atoms with van der Waals surface area (Å²) in [6, 6.07) is 17.7. The lowest BCUT2D eigenvalue weighted by Crippen LogP contribution is -2.31. The smallest absolute Gasteiger partial charge is 0.295 e. The van der Waals surface area contributed by atoms with Crippen LogP contribution in [0.3, 0.4) is 0 Å². The van der Waals surface area contributed by atoms with Crippen LogP contribution in [0.1, 0.15) is 34.7 Å². The number of rotatable bonds is 9. The summed E-state index contributed by atoms with van der Waals surface area (Å²) < 4.78 is 11.0. The third-order valence-corrected chi connectivity index (χ3v) is 5.90. The third kappa shape index (κ3) is 5.41. The number of aliphatic hydroxyl groups excluding tert-OH is 1. The van der Waals surface area contributed by atoms with E-state index in [0.717, 1.165) is 11.1 Å². The molecular formula is C28H28N2O5. The third-order valence-electron chi connectivity index (χ3n) is 5.90. The van der Waals surface area contributed by atoms with Crippen molar-refractivity contribution in [1.82, 2.24) is 9.88 Å². The number of carbonyl (C=O) groups excluding carboxylic acids is 2. The summed E-state index contributed by atoms with van der Waals surface area (Å²) in [6.07, 6.45) is 3.79. The minimum Gasteiger partial charge on any atom is -0.507 e. The number of nitrogens with zero attached hydrogens (tertiary/aromatic N) is 2. The van der Waals surface area contributed by atoms with Gasteiger partial charge in [0.15, 0.2) is 0 Å². The number of aliphatic hydroxyl groups is 1. The highest BCUT2D eigenvalue weighted by Crippen LogP contribution is 2.39. The molecule has 1 aliphatic heterocycles. The van der Waals surface area contributed by atoms with Gasteiger partial charge in [-0.25, -0.2) is 0 Å². The van der Waals surface area contributed by atoms with Crippen LogP contribution < -0.4 is 4.74 Å². The largest absolute Gasteiger partial charge is 0.507 e. The molecule has 3 aromatic rings. The Balaban J connectivity index is 1.61. The fourth-order valence-corrected chi connectivity index (χ4v) is 4.21. The van der Waals surface area contributed by atoms with Crippen LogP contribution in [0.15, 0.2) is 78.6 Å². The summed E-state index contributed by atoms with van der Waals surface area (Å²) >= 11 is 0. The van der Waals surface area contributed by atoms with Crippen LogP contribution in [0.4, 0.5) is 0 Å². The molecule has 35 heavy (non-hydrogen) atoms. The highest BCUT2D eigenvalue weighted by Gasteiger charge is 2.45. The van der Waals surface area contributed by atoms with E-state index in [4.69, 9.17) is 9.47 Å². The number of Topliss-reactive ketones (excluding diaryl/α,β-unsaturated/α-hetero) is 1. The van der Waals surface area contributed by atoms with Crippen LogP contribution in [0.2, 0.25) is 0 Å². The molecule has 0 radical (unpaired) electrons. The zero-order chi connectivity index (χ0) is 24.8. The molecule has 1 atom stereocenters. The Kier molecular flexibility index (Phi) is 7.57. The molecule has 7 nitrogen and oxygen atoms in total. The van der Waals surface area contributed by atoms with Gasteiger partial charge in [0.05, 0.1) is 11.6 Å². The maximum Gasteiger partial charge on any atom is 0.295 e. The Bertz CT molecular complexity index is 1220. The van der Waals surface area contributed by atoms with Gasteiger partial charge in [-0.3, -0.25) is 14.6 Å². The molecule has 7 heteroatoms. The number of methoxy groups -OCH3 is 1. The van der Waals surface area contributed by atoms with Gasteiger partial charge < -0.3 is 19.5 Å². The number of carbonyl (C=O) groups is 2. The van der Waals surface area contributed by atoms with E-state index in [0.29, 0.717) is 43.1 Å². The van der Waals surface area contributed by atoms with E-state index in [9.17, 15) is 14.7 Å². The van der Waals surface area contributed by atoms with Gasteiger partial charge >= 0.3 is 0 Å². The van der Waals surface area contributed by atoms with Crippen LogP contribution in [0, 0.1) is 6.92 Å². The second kappa shape index (κ2) is 11.0. The molecule has 0 spiro atoms. The average molecular weight is 473 g/mol. The number of aryl methyl sites for hydroxylation is 1. The molecule has 1 fully saturated rings. The summed E-state index contributed by atoms with van der Waals surface area (Å²) in [5, 5.41) is 11.2. The van der Waals surface area contributed by atoms with Crippen molar-refractivity contribution >= 4 is 17.4 Å². The number of hydrogen-bond acceptors (Lipinski definition) is 6. The Morgan fingerprint density at radius 2 is 1.89 bits per heavy atom. The summed E-state index contributed by atoms with van der Waals surface area (Å²) in [7, 11) is 1.58. The Morgan fingerprint density at radius 1 is 1.09 bits per heavy atom. The number of aromatic nitrogens is 1. The first kappa shape index (κ1) is 24.2. The van der Waals surface area contributed by atoms with Crippen molar-refractivity contribution in [2.45, 2.75) is 26.0 Å². The molecule has 4 rings (SSSR count). The second-order valence-corrected chi connectivity index (χ2v) is 8.43. The van der Waals surface area contributed by atoms with Gasteiger partial charge in [-0.2, -0.15) is 0 Å². The molecule has 1 saturated heterocycles. The number of amides is 1. The van der Waals surface area contributed by atoms with Crippen molar-refractivity contribution in [1.29, 1.82) is 0 Å². The molecule has 0 bridgehead atoms. The number of pyridine rings is 1. The lowest BCUT2D eigenvalue weighted by Gasteiger charge is -2.25. The minimum atomic E-state index is -0.724. The van der Waals surface area contributed by atoms with Gasteiger partial charge in [-0.1, -0.05) is 35.9 Å². The van der Waals surface area contributed by atoms with E-state index in [2.05, 4.69) is 11.1 Å². The van der Waals surface area contributed by atoms with Crippen LogP contribution in [0.25, 0.3) is 5.76 Å². The molecule has 0 saturated carbocycles. The molecule has 1 aliphatic rings. The van der Waals surface area contributed by atoms with Crippen molar-refractivity contribution in [3.05, 3.63) is 101 Å². The average Bonchev–Trinajstić information content (AvgIpc) is 3.13. The maximum atomic E-state index is 13.0. The van der Waals surface area contributed by atoms with Crippen LogP contribution in [0.5, 0.6) is 5.75 Å². The summed E-state index contributed by atoms with van der Waals surface area (Å²) in [6.45, 7) is 3.22. The topological polar surface area (TPSA) is 89.0 Å².